The first-order valence-electron chi connectivity index (χ1n) is 10.8. The van der Waals surface area contributed by atoms with Gasteiger partial charge in [-0.1, -0.05) is 23.3 Å². The molecule has 8 nitrogen and oxygen atoms in total. The number of aromatic nitrogens is 2. The zero-order valence-corrected chi connectivity index (χ0v) is 23.7. The Labute approximate surface area is 231 Å². The molecule has 9 heteroatoms. The quantitative estimate of drug-likeness (QED) is 0.236. The maximum absolute atomic E-state index is 5.32. The Hall–Kier alpha value is -3.77. The van der Waals surface area contributed by atoms with Crippen molar-refractivity contribution in [1.29, 1.82) is 0 Å². The van der Waals surface area contributed by atoms with Crippen molar-refractivity contribution in [3.63, 3.8) is 0 Å². The molecule has 0 fully saturated rings. The van der Waals surface area contributed by atoms with E-state index in [0.717, 1.165) is 34.0 Å². The minimum absolute atomic E-state index is 0. The van der Waals surface area contributed by atoms with Crippen LogP contribution in [0.25, 0.3) is 22.5 Å². The Morgan fingerprint density at radius 1 is 0.514 bits per heavy atom. The van der Waals surface area contributed by atoms with Gasteiger partial charge in [0.15, 0.2) is 0 Å². The van der Waals surface area contributed by atoms with Gasteiger partial charge in [0.2, 0.25) is 0 Å². The van der Waals surface area contributed by atoms with Crippen LogP contribution in [-0.2, 0) is 21.1 Å². The fraction of sp³-hybridized carbons (Fsp3) is 0.214. The standard InChI is InChI=1S/2C14H14NO3.Pt/c2*1-16-10-4-5-12(14(9-10)18-3)13-8-11(17-2)6-7-15-13;/h2*4,6-9H,1-3H3;/q2*-1;+2. The van der Waals surface area contributed by atoms with Crippen molar-refractivity contribution in [2.24, 2.45) is 0 Å². The summed E-state index contributed by atoms with van der Waals surface area (Å²) in [6.45, 7) is 0. The molecule has 0 aliphatic carbocycles. The Balaban J connectivity index is 0.000000253. The van der Waals surface area contributed by atoms with Gasteiger partial charge in [0.25, 0.3) is 0 Å². The van der Waals surface area contributed by atoms with Gasteiger partial charge in [-0.05, 0) is 35.7 Å². The molecule has 0 radical (unpaired) electrons. The Morgan fingerprint density at radius 3 is 1.22 bits per heavy atom. The molecular weight excluding hydrogens is 655 g/mol. The second-order valence-electron chi connectivity index (χ2n) is 7.13. The van der Waals surface area contributed by atoms with Crippen LogP contribution in [0.3, 0.4) is 0 Å². The van der Waals surface area contributed by atoms with E-state index < -0.39 is 0 Å². The van der Waals surface area contributed by atoms with E-state index in [9.17, 15) is 0 Å². The number of rotatable bonds is 8. The first-order chi connectivity index (χ1) is 17.6. The number of ether oxygens (including phenoxy) is 6. The molecule has 2 aromatic carbocycles. The van der Waals surface area contributed by atoms with E-state index in [1.54, 1.807) is 91.5 Å². The zero-order chi connectivity index (χ0) is 25.9. The van der Waals surface area contributed by atoms with Crippen LogP contribution in [0.15, 0.2) is 60.9 Å². The summed E-state index contributed by atoms with van der Waals surface area (Å²) in [5.41, 5.74) is 3.04. The average Bonchev–Trinajstić information content (AvgIpc) is 2.96. The molecule has 0 spiro atoms. The maximum atomic E-state index is 5.32. The smallest absolute Gasteiger partial charge is 0.540 e. The van der Waals surface area contributed by atoms with Crippen LogP contribution in [0.5, 0.6) is 34.5 Å². The normalized spacial score (nSPS) is 9.68. The van der Waals surface area contributed by atoms with Gasteiger partial charge in [-0.3, -0.25) is 0 Å². The number of nitrogens with zero attached hydrogens (tertiary/aromatic N) is 2. The minimum atomic E-state index is 0. The van der Waals surface area contributed by atoms with Gasteiger partial charge in [0.05, 0.1) is 42.7 Å². The van der Waals surface area contributed by atoms with E-state index in [4.69, 9.17) is 28.4 Å². The fourth-order valence-corrected chi connectivity index (χ4v) is 3.22. The number of hydrogen-bond acceptors (Lipinski definition) is 8. The Morgan fingerprint density at radius 2 is 0.892 bits per heavy atom. The van der Waals surface area contributed by atoms with Gasteiger partial charge in [0, 0.05) is 35.4 Å². The average molecular weight is 684 g/mol. The summed E-state index contributed by atoms with van der Waals surface area (Å²) in [5.74, 6) is 4.19. The third-order valence-electron chi connectivity index (χ3n) is 5.11. The van der Waals surface area contributed by atoms with Crippen molar-refractivity contribution >= 4 is 0 Å². The Kier molecular flexibility index (Phi) is 11.7. The van der Waals surface area contributed by atoms with Crippen LogP contribution in [0.2, 0.25) is 0 Å². The summed E-state index contributed by atoms with van der Waals surface area (Å²) in [7, 11) is 9.65. The molecule has 0 aliphatic heterocycles. The topological polar surface area (TPSA) is 81.2 Å². The molecule has 0 unspecified atom stereocenters. The van der Waals surface area contributed by atoms with Crippen molar-refractivity contribution in [2.45, 2.75) is 0 Å². The van der Waals surface area contributed by atoms with Crippen LogP contribution >= 0.6 is 0 Å². The van der Waals surface area contributed by atoms with Gasteiger partial charge < -0.3 is 38.4 Å². The molecule has 4 aromatic rings. The molecule has 0 aliphatic rings. The second-order valence-corrected chi connectivity index (χ2v) is 7.13. The summed E-state index contributed by atoms with van der Waals surface area (Å²) in [4.78, 5) is 8.58. The maximum Gasteiger partial charge on any atom is 2.00 e. The van der Waals surface area contributed by atoms with Crippen LogP contribution in [0.1, 0.15) is 0 Å². The van der Waals surface area contributed by atoms with E-state index in [-0.39, 0.29) is 21.1 Å². The molecule has 0 bridgehead atoms. The van der Waals surface area contributed by atoms with Crippen molar-refractivity contribution in [3.05, 3.63) is 73.1 Å². The van der Waals surface area contributed by atoms with Gasteiger partial charge in [0.1, 0.15) is 11.5 Å². The number of methoxy groups -OCH3 is 6. The summed E-state index contributed by atoms with van der Waals surface area (Å²) in [6.07, 6.45) is 3.37. The number of benzene rings is 2. The zero-order valence-electron chi connectivity index (χ0n) is 21.4. The van der Waals surface area contributed by atoms with Crippen LogP contribution in [0, 0.1) is 12.1 Å². The first-order valence-corrected chi connectivity index (χ1v) is 10.8. The van der Waals surface area contributed by atoms with Crippen LogP contribution < -0.4 is 28.4 Å². The molecule has 2 heterocycles. The largest absolute Gasteiger partial charge is 2.00 e. The minimum Gasteiger partial charge on any atom is -0.540 e. The van der Waals surface area contributed by atoms with E-state index >= 15 is 0 Å². The Bertz CT molecular complexity index is 1190. The van der Waals surface area contributed by atoms with Crippen molar-refractivity contribution < 1.29 is 49.5 Å². The fourth-order valence-electron chi connectivity index (χ4n) is 3.22. The number of pyridine rings is 2. The van der Waals surface area contributed by atoms with Crippen LogP contribution in [-0.4, -0.2) is 52.6 Å². The molecular formula is C28H28N2O6Pt. The van der Waals surface area contributed by atoms with E-state index in [1.807, 2.05) is 12.1 Å². The SMILES string of the molecule is COc1ccnc(-c2[c-]cc(OC)cc2OC)c1.COc1ccnc(-c2[c-]cc(OC)cc2OC)c1.[Pt+2]. The molecule has 37 heavy (non-hydrogen) atoms. The molecule has 0 amide bonds. The summed E-state index contributed by atoms with van der Waals surface area (Å²) >= 11 is 0. The van der Waals surface area contributed by atoms with Gasteiger partial charge in [-0.2, -0.15) is 0 Å². The van der Waals surface area contributed by atoms with Crippen molar-refractivity contribution in [1.82, 2.24) is 9.97 Å². The molecule has 0 saturated heterocycles. The molecule has 0 N–H and O–H groups in total. The second kappa shape index (κ2) is 14.7. The van der Waals surface area contributed by atoms with Crippen LogP contribution in [0.4, 0.5) is 0 Å². The molecule has 2 aromatic heterocycles. The van der Waals surface area contributed by atoms with Crippen molar-refractivity contribution in [3.8, 4) is 57.0 Å². The summed E-state index contributed by atoms with van der Waals surface area (Å²) in [5, 5.41) is 0. The molecule has 0 atom stereocenters. The first kappa shape index (κ1) is 29.5. The van der Waals surface area contributed by atoms with E-state index in [1.165, 1.54) is 0 Å². The van der Waals surface area contributed by atoms with E-state index in [2.05, 4.69) is 22.1 Å². The summed E-state index contributed by atoms with van der Waals surface area (Å²) in [6, 6.07) is 20.6. The monoisotopic (exact) mass is 683 g/mol. The number of hydrogen-bond donors (Lipinski definition) is 0. The molecule has 0 saturated carbocycles. The van der Waals surface area contributed by atoms with Gasteiger partial charge in [-0.25, -0.2) is 0 Å². The van der Waals surface area contributed by atoms with E-state index in [0.29, 0.717) is 23.0 Å². The molecule has 4 rings (SSSR count). The van der Waals surface area contributed by atoms with Gasteiger partial charge >= 0.3 is 21.1 Å². The third-order valence-corrected chi connectivity index (χ3v) is 5.11. The molecule has 196 valence electrons. The predicted molar refractivity (Wildman–Crippen MR) is 136 cm³/mol. The third kappa shape index (κ3) is 7.60. The summed E-state index contributed by atoms with van der Waals surface area (Å²) < 4.78 is 31.3. The van der Waals surface area contributed by atoms with Crippen molar-refractivity contribution in [2.75, 3.05) is 42.7 Å². The predicted octanol–water partition coefficient (Wildman–Crippen LogP) is 5.15. The van der Waals surface area contributed by atoms with Gasteiger partial charge in [-0.15, -0.1) is 24.3 Å².